The molecule has 0 bridgehead atoms. The Bertz CT molecular complexity index is 1270. The zero-order valence-electron chi connectivity index (χ0n) is 18.8. The van der Waals surface area contributed by atoms with Gasteiger partial charge < -0.3 is 0 Å². The number of nitrogens with one attached hydrogen (secondary N) is 1. The monoisotopic (exact) mass is 429 g/mol. The summed E-state index contributed by atoms with van der Waals surface area (Å²) in [5.41, 5.74) is 3.61. The standard InChI is InChI=1S/C24H27N7O/c1-5-6-10-21-27-31(24(2,3)4)23(32)30(21)16-17-11-13-18(14-12-17)19-8-7-9-20(15-19)22-25-28-29-26-22/h5-9,11-15H,10,16H2,1-4H3,(H,25,26,28,29)/b6-5+. The van der Waals surface area contributed by atoms with E-state index in [0.717, 1.165) is 28.1 Å². The Morgan fingerprint density at radius 3 is 2.44 bits per heavy atom. The molecule has 4 rings (SSSR count). The number of rotatable bonds is 6. The summed E-state index contributed by atoms with van der Waals surface area (Å²) in [6, 6.07) is 16.2. The van der Waals surface area contributed by atoms with Crippen molar-refractivity contribution < 1.29 is 0 Å². The predicted octanol–water partition coefficient (Wildman–Crippen LogP) is 3.81. The van der Waals surface area contributed by atoms with E-state index in [1.807, 2.05) is 64.1 Å². The van der Waals surface area contributed by atoms with Crippen LogP contribution in [0.15, 0.2) is 65.5 Å². The summed E-state index contributed by atoms with van der Waals surface area (Å²) in [5.74, 6) is 1.33. The third-order valence-electron chi connectivity index (χ3n) is 5.20. The lowest BCUT2D eigenvalue weighted by molar-refractivity contribution is 0.340. The van der Waals surface area contributed by atoms with Crippen molar-refractivity contribution in [3.8, 4) is 22.5 Å². The Hall–Kier alpha value is -3.81. The molecule has 0 amide bonds. The fraction of sp³-hybridized carbons (Fsp3) is 0.292. The molecular weight excluding hydrogens is 402 g/mol. The highest BCUT2D eigenvalue weighted by molar-refractivity contribution is 5.70. The summed E-state index contributed by atoms with van der Waals surface area (Å²) >= 11 is 0. The minimum Gasteiger partial charge on any atom is -0.274 e. The molecule has 8 heteroatoms. The Morgan fingerprint density at radius 2 is 1.78 bits per heavy atom. The summed E-state index contributed by atoms with van der Waals surface area (Å²) < 4.78 is 3.33. The van der Waals surface area contributed by atoms with E-state index in [1.54, 1.807) is 9.25 Å². The van der Waals surface area contributed by atoms with Gasteiger partial charge in [0, 0.05) is 12.0 Å². The van der Waals surface area contributed by atoms with Crippen molar-refractivity contribution in [3.05, 3.63) is 82.6 Å². The fourth-order valence-corrected chi connectivity index (χ4v) is 3.51. The highest BCUT2D eigenvalue weighted by Gasteiger charge is 2.22. The average Bonchev–Trinajstić information content (AvgIpc) is 3.42. The first kappa shape index (κ1) is 21.4. The maximum Gasteiger partial charge on any atom is 0.346 e. The number of allylic oxidation sites excluding steroid dienone is 2. The van der Waals surface area contributed by atoms with Crippen LogP contribution < -0.4 is 5.69 Å². The maximum atomic E-state index is 13.1. The van der Waals surface area contributed by atoms with Gasteiger partial charge in [-0.15, -0.1) is 10.2 Å². The van der Waals surface area contributed by atoms with Crippen molar-refractivity contribution in [2.45, 2.75) is 46.2 Å². The fourth-order valence-electron chi connectivity index (χ4n) is 3.51. The molecule has 0 spiro atoms. The van der Waals surface area contributed by atoms with E-state index in [4.69, 9.17) is 0 Å². The van der Waals surface area contributed by atoms with Crippen LogP contribution >= 0.6 is 0 Å². The van der Waals surface area contributed by atoms with E-state index in [2.05, 4.69) is 50.0 Å². The third kappa shape index (κ3) is 4.44. The topological polar surface area (TPSA) is 94.3 Å². The van der Waals surface area contributed by atoms with E-state index >= 15 is 0 Å². The van der Waals surface area contributed by atoms with Gasteiger partial charge in [0.05, 0.1) is 12.1 Å². The first-order valence-electron chi connectivity index (χ1n) is 10.6. The van der Waals surface area contributed by atoms with Crippen LogP contribution in [0.1, 0.15) is 39.1 Å². The average molecular weight is 430 g/mol. The van der Waals surface area contributed by atoms with Gasteiger partial charge in [-0.2, -0.15) is 10.3 Å². The number of nitrogens with zero attached hydrogens (tertiary/aromatic N) is 6. The maximum absolute atomic E-state index is 13.1. The van der Waals surface area contributed by atoms with Crippen LogP contribution in [0, 0.1) is 0 Å². The van der Waals surface area contributed by atoms with Crippen LogP contribution in [0.25, 0.3) is 22.5 Å². The Balaban J connectivity index is 1.62. The van der Waals surface area contributed by atoms with Gasteiger partial charge in [-0.25, -0.2) is 9.48 Å². The molecule has 0 aliphatic carbocycles. The molecule has 0 aliphatic heterocycles. The number of hydrogen-bond acceptors (Lipinski definition) is 5. The van der Waals surface area contributed by atoms with Gasteiger partial charge in [0.1, 0.15) is 5.82 Å². The SMILES string of the molecule is C/C=C/Cc1nn(C(C)(C)C)c(=O)n1Cc1ccc(-c2cccc(-c3nn[nH]n3)c2)cc1. The second-order valence-electron chi connectivity index (χ2n) is 8.65. The van der Waals surface area contributed by atoms with Crippen molar-refractivity contribution in [2.24, 2.45) is 0 Å². The summed E-state index contributed by atoms with van der Waals surface area (Å²) in [7, 11) is 0. The van der Waals surface area contributed by atoms with E-state index < -0.39 is 0 Å². The lowest BCUT2D eigenvalue weighted by atomic mass is 10.0. The van der Waals surface area contributed by atoms with Crippen LogP contribution in [0.3, 0.4) is 0 Å². The number of H-pyrrole nitrogens is 1. The summed E-state index contributed by atoms with van der Waals surface area (Å²) in [6.07, 6.45) is 4.61. The molecule has 8 nitrogen and oxygen atoms in total. The van der Waals surface area contributed by atoms with Gasteiger partial charge in [-0.3, -0.25) is 4.57 Å². The quantitative estimate of drug-likeness (QED) is 0.470. The molecule has 32 heavy (non-hydrogen) atoms. The summed E-state index contributed by atoms with van der Waals surface area (Å²) in [5, 5.41) is 18.8. The van der Waals surface area contributed by atoms with Crippen LogP contribution in [0.5, 0.6) is 0 Å². The van der Waals surface area contributed by atoms with Gasteiger partial charge in [-0.1, -0.05) is 54.6 Å². The lowest BCUT2D eigenvalue weighted by Crippen LogP contribution is -2.36. The molecule has 0 radical (unpaired) electrons. The first-order valence-corrected chi connectivity index (χ1v) is 10.6. The van der Waals surface area contributed by atoms with Crippen molar-refractivity contribution in [1.82, 2.24) is 35.0 Å². The molecule has 0 unspecified atom stereocenters. The molecule has 1 N–H and O–H groups in total. The molecule has 2 heterocycles. The lowest BCUT2D eigenvalue weighted by Gasteiger charge is -2.16. The number of aromatic nitrogens is 7. The van der Waals surface area contributed by atoms with Gasteiger partial charge in [0.2, 0.25) is 5.82 Å². The largest absolute Gasteiger partial charge is 0.346 e. The molecular formula is C24H27N7O. The van der Waals surface area contributed by atoms with Crippen LogP contribution in [-0.4, -0.2) is 35.0 Å². The third-order valence-corrected chi connectivity index (χ3v) is 5.20. The molecule has 0 aliphatic rings. The van der Waals surface area contributed by atoms with E-state index in [1.165, 1.54) is 0 Å². The van der Waals surface area contributed by atoms with Crippen molar-refractivity contribution in [1.29, 1.82) is 0 Å². The number of benzene rings is 2. The van der Waals surface area contributed by atoms with E-state index in [-0.39, 0.29) is 11.2 Å². The smallest absolute Gasteiger partial charge is 0.274 e. The zero-order valence-corrected chi connectivity index (χ0v) is 18.8. The molecule has 0 atom stereocenters. The highest BCUT2D eigenvalue weighted by Crippen LogP contribution is 2.24. The summed E-state index contributed by atoms with van der Waals surface area (Å²) in [6.45, 7) is 8.41. The van der Waals surface area contributed by atoms with Crippen molar-refractivity contribution in [2.75, 3.05) is 0 Å². The van der Waals surface area contributed by atoms with Crippen LogP contribution in [0.2, 0.25) is 0 Å². The van der Waals surface area contributed by atoms with E-state index in [0.29, 0.717) is 18.8 Å². The molecule has 0 fully saturated rings. The number of tetrazole rings is 1. The second kappa shape index (κ2) is 8.74. The van der Waals surface area contributed by atoms with Crippen molar-refractivity contribution in [3.63, 3.8) is 0 Å². The zero-order chi connectivity index (χ0) is 22.7. The van der Waals surface area contributed by atoms with Gasteiger partial charge >= 0.3 is 5.69 Å². The minimum atomic E-state index is -0.374. The molecule has 2 aromatic carbocycles. The molecule has 4 aromatic rings. The second-order valence-corrected chi connectivity index (χ2v) is 8.65. The molecule has 0 saturated carbocycles. The van der Waals surface area contributed by atoms with E-state index in [9.17, 15) is 4.79 Å². The van der Waals surface area contributed by atoms with Gasteiger partial charge in [0.15, 0.2) is 0 Å². The Morgan fingerprint density at radius 1 is 1.03 bits per heavy atom. The van der Waals surface area contributed by atoms with Crippen molar-refractivity contribution >= 4 is 0 Å². The van der Waals surface area contributed by atoms with Crippen LogP contribution in [-0.2, 0) is 18.5 Å². The Labute approximate surface area is 186 Å². The molecule has 2 aromatic heterocycles. The van der Waals surface area contributed by atoms with Gasteiger partial charge in [-0.05, 0) is 55.7 Å². The van der Waals surface area contributed by atoms with Crippen LogP contribution in [0.4, 0.5) is 0 Å². The summed E-state index contributed by atoms with van der Waals surface area (Å²) in [4.78, 5) is 13.1. The molecule has 164 valence electrons. The number of hydrogen-bond donors (Lipinski definition) is 1. The predicted molar refractivity (Wildman–Crippen MR) is 124 cm³/mol. The molecule has 0 saturated heterocycles. The van der Waals surface area contributed by atoms with Gasteiger partial charge in [0.25, 0.3) is 0 Å². The first-order chi connectivity index (χ1) is 15.4. The highest BCUT2D eigenvalue weighted by atomic mass is 16.2. The Kier molecular flexibility index (Phi) is 5.85. The normalized spacial score (nSPS) is 12.0. The minimum absolute atomic E-state index is 0.0890. The number of aromatic amines is 1.